The number of anilines is 1. The number of aromatic nitrogens is 2. The van der Waals surface area contributed by atoms with Gasteiger partial charge in [0.25, 0.3) is 0 Å². The molecule has 2 fully saturated rings. The first kappa shape index (κ1) is 29.9. The van der Waals surface area contributed by atoms with Crippen molar-refractivity contribution >= 4 is 17.7 Å². The quantitative estimate of drug-likeness (QED) is 0.453. The van der Waals surface area contributed by atoms with Crippen LogP contribution in [0.2, 0.25) is 0 Å². The number of methoxy groups -OCH3 is 1. The maximum atomic E-state index is 13.5. The lowest BCUT2D eigenvalue weighted by atomic mass is 10.0. The number of benzene rings is 1. The van der Waals surface area contributed by atoms with Gasteiger partial charge in [-0.1, -0.05) is 13.0 Å². The molecule has 40 heavy (non-hydrogen) atoms. The van der Waals surface area contributed by atoms with Gasteiger partial charge in [0.05, 0.1) is 11.7 Å². The number of carbonyl (C=O) groups excluding carboxylic acids is 2. The molecule has 2 saturated heterocycles. The third-order valence-electron chi connectivity index (χ3n) is 7.78. The van der Waals surface area contributed by atoms with E-state index in [1.165, 1.54) is 18.3 Å². The number of esters is 1. The number of carbonyl (C=O) groups is 2. The number of ether oxygens (including phenoxy) is 2. The topological polar surface area (TPSA) is 80.1 Å². The molecule has 0 spiro atoms. The van der Waals surface area contributed by atoms with Gasteiger partial charge in [-0.2, -0.15) is 23.0 Å². The monoisotopic (exact) mass is 565 g/mol. The number of rotatable bonds is 7. The number of piperazine rings is 1. The van der Waals surface area contributed by atoms with E-state index in [2.05, 4.69) is 10.00 Å². The van der Waals surface area contributed by atoms with E-state index >= 15 is 0 Å². The molecule has 0 radical (unpaired) electrons. The lowest BCUT2D eigenvalue weighted by Gasteiger charge is -2.37. The fourth-order valence-corrected chi connectivity index (χ4v) is 4.90. The molecule has 12 heteroatoms. The van der Waals surface area contributed by atoms with Crippen LogP contribution in [-0.4, -0.2) is 89.7 Å². The van der Waals surface area contributed by atoms with Gasteiger partial charge in [0.2, 0.25) is 0 Å². The van der Waals surface area contributed by atoms with Gasteiger partial charge in [-0.25, -0.2) is 9.59 Å². The predicted octanol–water partition coefficient (Wildman–Crippen LogP) is 4.65. The average molecular weight is 566 g/mol. The van der Waals surface area contributed by atoms with Crippen LogP contribution in [0.1, 0.15) is 61.6 Å². The van der Waals surface area contributed by atoms with Crippen LogP contribution >= 0.6 is 0 Å². The molecule has 2 aliphatic heterocycles. The van der Waals surface area contributed by atoms with E-state index in [1.807, 2.05) is 25.7 Å². The number of alkyl halides is 3. The molecule has 0 unspecified atom stereocenters. The van der Waals surface area contributed by atoms with Crippen LogP contribution in [0, 0.1) is 0 Å². The minimum atomic E-state index is -4.42. The Morgan fingerprint density at radius 3 is 2.30 bits per heavy atom. The summed E-state index contributed by atoms with van der Waals surface area (Å²) in [6.45, 7) is 9.23. The second-order valence-electron chi connectivity index (χ2n) is 11.0. The van der Waals surface area contributed by atoms with Gasteiger partial charge in [0, 0.05) is 64.8 Å². The SMILES string of the molecule is CCC(C)(C)OC(=O)c1ccn(C(=O)N2CCN(Cc3ccc(C(F)(F)F)cc3N3CCC(OC)CC3)CC2)n1. The van der Waals surface area contributed by atoms with Gasteiger partial charge < -0.3 is 19.3 Å². The molecule has 0 saturated carbocycles. The Balaban J connectivity index is 1.39. The highest BCUT2D eigenvalue weighted by Gasteiger charge is 2.33. The molecule has 0 atom stereocenters. The number of amides is 1. The highest BCUT2D eigenvalue weighted by Crippen LogP contribution is 2.35. The van der Waals surface area contributed by atoms with Crippen molar-refractivity contribution in [1.82, 2.24) is 19.6 Å². The van der Waals surface area contributed by atoms with Crippen LogP contribution in [0.3, 0.4) is 0 Å². The van der Waals surface area contributed by atoms with Crippen molar-refractivity contribution in [2.75, 3.05) is 51.3 Å². The van der Waals surface area contributed by atoms with Gasteiger partial charge in [-0.15, -0.1) is 0 Å². The first-order valence-electron chi connectivity index (χ1n) is 13.7. The van der Waals surface area contributed by atoms with Crippen molar-refractivity contribution in [3.63, 3.8) is 0 Å². The molecule has 1 aromatic heterocycles. The summed E-state index contributed by atoms with van der Waals surface area (Å²) < 4.78 is 52.6. The number of halogens is 3. The predicted molar refractivity (Wildman–Crippen MR) is 143 cm³/mol. The van der Waals surface area contributed by atoms with Crippen molar-refractivity contribution in [1.29, 1.82) is 0 Å². The highest BCUT2D eigenvalue weighted by molar-refractivity contribution is 5.88. The van der Waals surface area contributed by atoms with Crippen molar-refractivity contribution in [3.8, 4) is 0 Å². The van der Waals surface area contributed by atoms with E-state index in [0.29, 0.717) is 57.9 Å². The zero-order valence-electron chi connectivity index (χ0n) is 23.5. The van der Waals surface area contributed by atoms with E-state index in [-0.39, 0.29) is 17.8 Å². The maximum absolute atomic E-state index is 13.5. The Kier molecular flexibility index (Phi) is 9.09. The lowest BCUT2D eigenvalue weighted by Crippen LogP contribution is -2.49. The largest absolute Gasteiger partial charge is 0.455 e. The van der Waals surface area contributed by atoms with Crippen LogP contribution in [0.25, 0.3) is 0 Å². The van der Waals surface area contributed by atoms with Crippen LogP contribution in [0.4, 0.5) is 23.7 Å². The summed E-state index contributed by atoms with van der Waals surface area (Å²) >= 11 is 0. The van der Waals surface area contributed by atoms with Gasteiger partial charge >= 0.3 is 18.2 Å². The Hall–Kier alpha value is -3.12. The van der Waals surface area contributed by atoms with E-state index in [9.17, 15) is 22.8 Å². The van der Waals surface area contributed by atoms with Crippen LogP contribution < -0.4 is 4.90 Å². The summed E-state index contributed by atoms with van der Waals surface area (Å²) in [5.74, 6) is -0.581. The minimum absolute atomic E-state index is 0.0675. The van der Waals surface area contributed by atoms with Gasteiger partial charge in [-0.05, 0) is 56.9 Å². The number of hydrogen-bond donors (Lipinski definition) is 0. The lowest BCUT2D eigenvalue weighted by molar-refractivity contribution is -0.137. The Bertz CT molecular complexity index is 1180. The Morgan fingerprint density at radius 2 is 1.70 bits per heavy atom. The molecule has 220 valence electrons. The molecule has 2 aliphatic rings. The molecular weight excluding hydrogens is 527 g/mol. The van der Waals surface area contributed by atoms with Crippen molar-refractivity contribution in [2.45, 2.75) is 64.5 Å². The summed E-state index contributed by atoms with van der Waals surface area (Å²) in [6, 6.07) is 5.09. The van der Waals surface area contributed by atoms with E-state index in [1.54, 1.807) is 18.1 Å². The zero-order valence-corrected chi connectivity index (χ0v) is 23.5. The first-order valence-corrected chi connectivity index (χ1v) is 13.7. The molecule has 0 bridgehead atoms. The third kappa shape index (κ3) is 7.14. The van der Waals surface area contributed by atoms with Crippen molar-refractivity contribution in [2.24, 2.45) is 0 Å². The van der Waals surface area contributed by atoms with E-state index < -0.39 is 23.3 Å². The summed E-state index contributed by atoms with van der Waals surface area (Å²) in [4.78, 5) is 31.2. The summed E-state index contributed by atoms with van der Waals surface area (Å²) in [5, 5.41) is 4.12. The van der Waals surface area contributed by atoms with E-state index in [4.69, 9.17) is 9.47 Å². The van der Waals surface area contributed by atoms with Crippen LogP contribution in [-0.2, 0) is 22.2 Å². The average Bonchev–Trinajstić information content (AvgIpc) is 3.43. The van der Waals surface area contributed by atoms with Gasteiger partial charge in [0.15, 0.2) is 5.69 Å². The summed E-state index contributed by atoms with van der Waals surface area (Å²) in [6.07, 6.45) is -0.684. The summed E-state index contributed by atoms with van der Waals surface area (Å²) in [7, 11) is 1.66. The molecule has 1 amide bonds. The molecule has 0 aliphatic carbocycles. The Morgan fingerprint density at radius 1 is 1.02 bits per heavy atom. The Labute approximate surface area is 232 Å². The molecule has 3 heterocycles. The second kappa shape index (κ2) is 12.2. The normalized spacial score (nSPS) is 17.8. The third-order valence-corrected chi connectivity index (χ3v) is 7.78. The standard InChI is InChI=1S/C28H38F3N5O4/c1-5-27(2,3)40-25(37)23-10-13-36(32-23)26(38)35-16-14-33(15-17-35)19-20-6-7-21(28(29,30)31)18-24(20)34-11-8-22(39-4)9-12-34/h6-7,10,13,18,22H,5,8-9,11-12,14-17,19H2,1-4H3. The van der Waals surface area contributed by atoms with Crippen molar-refractivity contribution < 1.29 is 32.2 Å². The number of hydrogen-bond acceptors (Lipinski definition) is 7. The van der Waals surface area contributed by atoms with Gasteiger partial charge in [-0.3, -0.25) is 4.90 Å². The van der Waals surface area contributed by atoms with Crippen LogP contribution in [0.15, 0.2) is 30.5 Å². The molecule has 0 N–H and O–H groups in total. The first-order chi connectivity index (χ1) is 18.9. The number of nitrogens with zero attached hydrogens (tertiary/aromatic N) is 5. The fraction of sp³-hybridized carbons (Fsp3) is 0.607. The minimum Gasteiger partial charge on any atom is -0.455 e. The van der Waals surface area contributed by atoms with E-state index in [0.717, 1.165) is 29.2 Å². The van der Waals surface area contributed by atoms with Gasteiger partial charge in [0.1, 0.15) is 5.60 Å². The summed E-state index contributed by atoms with van der Waals surface area (Å²) in [5.41, 5.74) is 0.210. The van der Waals surface area contributed by atoms with Crippen LogP contribution in [0.5, 0.6) is 0 Å². The molecule has 4 rings (SSSR count). The molecular formula is C28H38F3N5O4. The number of piperidine rings is 1. The smallest absolute Gasteiger partial charge is 0.416 e. The molecule has 1 aromatic carbocycles. The molecule has 9 nitrogen and oxygen atoms in total. The maximum Gasteiger partial charge on any atom is 0.416 e. The zero-order chi connectivity index (χ0) is 29.1. The molecule has 2 aromatic rings. The fourth-order valence-electron chi connectivity index (χ4n) is 4.90. The second-order valence-corrected chi connectivity index (χ2v) is 11.0. The highest BCUT2D eigenvalue weighted by atomic mass is 19.4. The van der Waals surface area contributed by atoms with Crippen molar-refractivity contribution in [3.05, 3.63) is 47.3 Å².